The van der Waals surface area contributed by atoms with Crippen LogP contribution < -0.4 is 0 Å². The molecule has 0 saturated heterocycles. The molecule has 0 bridgehead atoms. The number of carbonyl (C=O) groups excluding carboxylic acids is 3. The topological polar surface area (TPSA) is 60.4 Å². The van der Waals surface area contributed by atoms with Crippen molar-refractivity contribution in [1.82, 2.24) is 0 Å². The summed E-state index contributed by atoms with van der Waals surface area (Å²) in [6.45, 7) is 2.33. The van der Waals surface area contributed by atoms with Gasteiger partial charge in [-0.25, -0.2) is 0 Å². The molecule has 37 heavy (non-hydrogen) atoms. The average Bonchev–Trinajstić information content (AvgIpc) is 3.30. The Bertz CT molecular complexity index is 1720. The van der Waals surface area contributed by atoms with Gasteiger partial charge in [0.2, 0.25) is 0 Å². The zero-order valence-corrected chi connectivity index (χ0v) is 20.2. The van der Waals surface area contributed by atoms with Crippen molar-refractivity contribution < 1.29 is 19.1 Å². The maximum Gasteiger partial charge on any atom is 0.197 e. The molecule has 4 aromatic rings. The van der Waals surface area contributed by atoms with Gasteiger partial charge < -0.3 is 4.74 Å². The van der Waals surface area contributed by atoms with Crippen LogP contribution in [0.2, 0.25) is 0 Å². The van der Waals surface area contributed by atoms with Gasteiger partial charge in [-0.3, -0.25) is 14.4 Å². The van der Waals surface area contributed by atoms with Gasteiger partial charge in [-0.2, -0.15) is 0 Å². The lowest BCUT2D eigenvalue weighted by molar-refractivity contribution is 0.0986. The number of ketones is 3. The number of rotatable bonds is 5. The molecule has 0 amide bonds. The van der Waals surface area contributed by atoms with E-state index in [0.717, 1.165) is 27.1 Å². The minimum absolute atomic E-state index is 0.0872. The van der Waals surface area contributed by atoms with E-state index in [4.69, 9.17) is 4.74 Å². The predicted octanol–water partition coefficient (Wildman–Crippen LogP) is 7.05. The fraction of sp³-hybridized carbons (Fsp3) is 0.0606. The first kappa shape index (κ1) is 22.6. The molecule has 0 fully saturated rings. The molecule has 4 heteroatoms. The quantitative estimate of drug-likeness (QED) is 0.174. The number of hydrogen-bond donors (Lipinski definition) is 0. The Morgan fingerprint density at radius 3 is 1.62 bits per heavy atom. The van der Waals surface area contributed by atoms with Crippen molar-refractivity contribution in [2.45, 2.75) is 6.92 Å². The summed E-state index contributed by atoms with van der Waals surface area (Å²) in [6.07, 6.45) is 8.33. The lowest BCUT2D eigenvalue weighted by Crippen LogP contribution is -1.99. The molecule has 0 spiro atoms. The number of carbonyl (C=O) groups is 3. The van der Waals surface area contributed by atoms with Crippen LogP contribution in [0.25, 0.3) is 27.3 Å². The second kappa shape index (κ2) is 8.99. The van der Waals surface area contributed by atoms with Crippen molar-refractivity contribution in [2.24, 2.45) is 0 Å². The van der Waals surface area contributed by atoms with E-state index in [1.165, 1.54) is 6.08 Å². The Kier molecular flexibility index (Phi) is 5.50. The molecule has 178 valence electrons. The fourth-order valence-electron chi connectivity index (χ4n) is 4.99. The highest BCUT2D eigenvalue weighted by atomic mass is 16.5. The minimum atomic E-state index is -0.269. The van der Waals surface area contributed by atoms with E-state index in [2.05, 4.69) is 0 Å². The smallest absolute Gasteiger partial charge is 0.197 e. The van der Waals surface area contributed by atoms with Crippen molar-refractivity contribution in [3.05, 3.63) is 137 Å². The first-order valence-electron chi connectivity index (χ1n) is 12.2. The summed E-state index contributed by atoms with van der Waals surface area (Å²) in [5.41, 5.74) is 2.92. The van der Waals surface area contributed by atoms with E-state index >= 15 is 0 Å². The van der Waals surface area contributed by atoms with Crippen LogP contribution in [0.15, 0.2) is 114 Å². The van der Waals surface area contributed by atoms with Crippen molar-refractivity contribution in [1.29, 1.82) is 0 Å². The predicted molar refractivity (Wildman–Crippen MR) is 146 cm³/mol. The first-order chi connectivity index (χ1) is 18.1. The highest BCUT2D eigenvalue weighted by Crippen LogP contribution is 2.37. The molecular formula is C33H22O4. The van der Waals surface area contributed by atoms with Crippen molar-refractivity contribution in [3.63, 3.8) is 0 Å². The number of Topliss-reactive ketones (excluding diaryl/α,β-unsaturated/α-hetero) is 3. The summed E-state index contributed by atoms with van der Waals surface area (Å²) in [7, 11) is 0. The van der Waals surface area contributed by atoms with E-state index in [-0.39, 0.29) is 22.9 Å². The van der Waals surface area contributed by atoms with Crippen molar-refractivity contribution in [2.75, 3.05) is 6.61 Å². The van der Waals surface area contributed by atoms with Gasteiger partial charge in [0.15, 0.2) is 17.3 Å². The molecule has 0 unspecified atom stereocenters. The molecule has 0 heterocycles. The molecule has 0 radical (unpaired) electrons. The van der Waals surface area contributed by atoms with Crippen LogP contribution in [0.3, 0.4) is 0 Å². The molecule has 4 aromatic carbocycles. The summed E-state index contributed by atoms with van der Waals surface area (Å²) in [5.74, 6) is -0.0563. The number of fused-ring (bicyclic) bond motifs is 4. The summed E-state index contributed by atoms with van der Waals surface area (Å²) in [6, 6.07) is 23.1. The number of hydrogen-bond acceptors (Lipinski definition) is 4. The third-order valence-electron chi connectivity index (χ3n) is 6.77. The summed E-state index contributed by atoms with van der Waals surface area (Å²) < 4.78 is 5.88. The van der Waals surface area contributed by atoms with Crippen LogP contribution in [0.1, 0.15) is 43.6 Å². The standard InChI is InChI=1S/C33H22O4/c1-2-37-33-25(32(36)28-18-22-12-8-9-13-23(22)19-29(28)33)15-5-3-4-14-24-30(34)26-16-20-10-6-7-11-21(20)17-27(26)31(24)35/h3-19H,2H2,1H3/b4-3+,15-5+. The number of allylic oxidation sites excluding steroid dienone is 7. The molecule has 2 aliphatic carbocycles. The second-order valence-electron chi connectivity index (χ2n) is 8.98. The van der Waals surface area contributed by atoms with E-state index < -0.39 is 0 Å². The molecular weight excluding hydrogens is 460 g/mol. The van der Waals surface area contributed by atoms with Gasteiger partial charge in [-0.15, -0.1) is 0 Å². The highest BCUT2D eigenvalue weighted by Gasteiger charge is 2.33. The monoisotopic (exact) mass is 482 g/mol. The summed E-state index contributed by atoms with van der Waals surface area (Å²) in [5, 5.41) is 3.90. The Hall–Kier alpha value is -4.83. The minimum Gasteiger partial charge on any atom is -0.492 e. The van der Waals surface area contributed by atoms with Crippen molar-refractivity contribution in [3.8, 4) is 0 Å². The Balaban J connectivity index is 1.27. The van der Waals surface area contributed by atoms with Crippen LogP contribution in [0.5, 0.6) is 0 Å². The fourth-order valence-corrected chi connectivity index (χ4v) is 4.99. The van der Waals surface area contributed by atoms with Crippen LogP contribution in [0, 0.1) is 0 Å². The van der Waals surface area contributed by atoms with Gasteiger partial charge in [0.1, 0.15) is 5.76 Å². The number of benzene rings is 4. The van der Waals surface area contributed by atoms with Crippen LogP contribution in [0.4, 0.5) is 0 Å². The Labute approximate surface area is 213 Å². The second-order valence-corrected chi connectivity index (χ2v) is 8.98. The van der Waals surface area contributed by atoms with Gasteiger partial charge in [0.25, 0.3) is 0 Å². The number of ether oxygens (including phenoxy) is 1. The lowest BCUT2D eigenvalue weighted by Gasteiger charge is -2.08. The summed E-state index contributed by atoms with van der Waals surface area (Å²) in [4.78, 5) is 39.0. The van der Waals surface area contributed by atoms with Crippen molar-refractivity contribution >= 4 is 44.7 Å². The zero-order chi connectivity index (χ0) is 25.5. The highest BCUT2D eigenvalue weighted by molar-refractivity contribution is 6.40. The molecule has 6 rings (SSSR count). The van der Waals surface area contributed by atoms with E-state index in [1.54, 1.807) is 36.4 Å². The van der Waals surface area contributed by atoms with Gasteiger partial charge in [-0.05, 0) is 64.9 Å². The van der Waals surface area contributed by atoms with E-state index in [0.29, 0.717) is 34.6 Å². The normalized spacial score (nSPS) is 15.1. The van der Waals surface area contributed by atoms with Gasteiger partial charge in [-0.1, -0.05) is 66.8 Å². The summed E-state index contributed by atoms with van der Waals surface area (Å²) >= 11 is 0. The first-order valence-corrected chi connectivity index (χ1v) is 12.2. The third kappa shape index (κ3) is 3.74. The molecule has 0 atom stereocenters. The molecule has 2 aliphatic rings. The Morgan fingerprint density at radius 1 is 0.622 bits per heavy atom. The molecule has 4 nitrogen and oxygen atoms in total. The van der Waals surface area contributed by atoms with Gasteiger partial charge >= 0.3 is 0 Å². The molecule has 0 aliphatic heterocycles. The average molecular weight is 483 g/mol. The van der Waals surface area contributed by atoms with E-state index in [1.807, 2.05) is 67.6 Å². The maximum absolute atomic E-state index is 13.2. The third-order valence-corrected chi connectivity index (χ3v) is 6.77. The van der Waals surface area contributed by atoms with Gasteiger partial charge in [0, 0.05) is 22.3 Å². The van der Waals surface area contributed by atoms with Crippen LogP contribution in [-0.4, -0.2) is 24.0 Å². The Morgan fingerprint density at radius 2 is 1.11 bits per heavy atom. The van der Waals surface area contributed by atoms with Crippen LogP contribution in [-0.2, 0) is 4.74 Å². The van der Waals surface area contributed by atoms with E-state index in [9.17, 15) is 14.4 Å². The SMILES string of the molecule is CCOC1=C(/C=C/C=C/C=C2C(=O)c3cc4ccccc4cc3C2=O)C(=O)c2cc3ccccc3cc21. The van der Waals surface area contributed by atoms with Gasteiger partial charge in [0.05, 0.1) is 17.8 Å². The van der Waals surface area contributed by atoms with Crippen LogP contribution >= 0.6 is 0 Å². The molecule has 0 aromatic heterocycles. The largest absolute Gasteiger partial charge is 0.492 e. The molecule has 0 N–H and O–H groups in total. The zero-order valence-electron chi connectivity index (χ0n) is 20.2. The lowest BCUT2D eigenvalue weighted by atomic mass is 10.0. The maximum atomic E-state index is 13.2. The molecule has 0 saturated carbocycles.